The van der Waals surface area contributed by atoms with Crippen molar-refractivity contribution in [3.05, 3.63) is 18.2 Å². The molecule has 1 aliphatic carbocycles. The number of hydrogen-bond donors (Lipinski definition) is 2. The summed E-state index contributed by atoms with van der Waals surface area (Å²) in [6.45, 7) is 3.55. The zero-order valence-corrected chi connectivity index (χ0v) is 8.45. The SMILES string of the molecule is NCCn1cnc(CNCC2CC2)c1. The maximum Gasteiger partial charge on any atom is 0.0950 e. The zero-order valence-electron chi connectivity index (χ0n) is 8.45. The molecule has 0 atom stereocenters. The van der Waals surface area contributed by atoms with Crippen LogP contribution in [0.2, 0.25) is 0 Å². The fourth-order valence-corrected chi connectivity index (χ4v) is 1.50. The maximum absolute atomic E-state index is 5.45. The van der Waals surface area contributed by atoms with E-state index in [4.69, 9.17) is 5.73 Å². The predicted octanol–water partition coefficient (Wildman–Crippen LogP) is 0.341. The van der Waals surface area contributed by atoms with Gasteiger partial charge >= 0.3 is 0 Å². The minimum absolute atomic E-state index is 0.672. The van der Waals surface area contributed by atoms with Crippen LogP contribution >= 0.6 is 0 Å². The highest BCUT2D eigenvalue weighted by molar-refractivity contribution is 4.96. The molecule has 4 nitrogen and oxygen atoms in total. The molecule has 2 rings (SSSR count). The number of hydrogen-bond acceptors (Lipinski definition) is 3. The average Bonchev–Trinajstić information content (AvgIpc) is 2.88. The van der Waals surface area contributed by atoms with Crippen LogP contribution in [0.15, 0.2) is 12.5 Å². The molecule has 1 aromatic rings. The number of imidazole rings is 1. The summed E-state index contributed by atoms with van der Waals surface area (Å²) in [4.78, 5) is 4.30. The normalized spacial score (nSPS) is 16.1. The van der Waals surface area contributed by atoms with E-state index in [1.807, 2.05) is 10.9 Å². The van der Waals surface area contributed by atoms with Crippen LogP contribution in [-0.2, 0) is 13.1 Å². The van der Waals surface area contributed by atoms with Gasteiger partial charge in [0.05, 0.1) is 12.0 Å². The van der Waals surface area contributed by atoms with Crippen LogP contribution < -0.4 is 11.1 Å². The Hall–Kier alpha value is -0.870. The second-order valence-corrected chi connectivity index (χ2v) is 3.97. The van der Waals surface area contributed by atoms with Crippen molar-refractivity contribution < 1.29 is 0 Å². The Morgan fingerprint density at radius 2 is 2.43 bits per heavy atom. The molecule has 1 aromatic heterocycles. The first-order chi connectivity index (χ1) is 6.88. The van der Waals surface area contributed by atoms with Crippen LogP contribution in [0.1, 0.15) is 18.5 Å². The van der Waals surface area contributed by atoms with Gasteiger partial charge in [-0.1, -0.05) is 0 Å². The highest BCUT2D eigenvalue weighted by atomic mass is 15.0. The molecular weight excluding hydrogens is 176 g/mol. The van der Waals surface area contributed by atoms with Gasteiger partial charge in [0.1, 0.15) is 0 Å². The van der Waals surface area contributed by atoms with Gasteiger partial charge in [0, 0.05) is 25.8 Å². The summed E-state index contributed by atoms with van der Waals surface area (Å²) in [5, 5.41) is 3.41. The molecule has 0 amide bonds. The lowest BCUT2D eigenvalue weighted by Gasteiger charge is -1.99. The molecule has 1 saturated carbocycles. The van der Waals surface area contributed by atoms with E-state index in [1.165, 1.54) is 12.8 Å². The molecule has 78 valence electrons. The summed E-state index contributed by atoms with van der Waals surface area (Å²) in [6.07, 6.45) is 6.71. The molecule has 0 unspecified atom stereocenters. The third-order valence-corrected chi connectivity index (χ3v) is 2.51. The molecule has 1 heterocycles. The lowest BCUT2D eigenvalue weighted by Crippen LogP contribution is -2.16. The topological polar surface area (TPSA) is 55.9 Å². The zero-order chi connectivity index (χ0) is 9.80. The second kappa shape index (κ2) is 4.57. The molecule has 4 heteroatoms. The van der Waals surface area contributed by atoms with Gasteiger partial charge in [0.25, 0.3) is 0 Å². The average molecular weight is 194 g/mol. The molecule has 0 aliphatic heterocycles. The van der Waals surface area contributed by atoms with Gasteiger partial charge in [-0.3, -0.25) is 0 Å². The first-order valence-corrected chi connectivity index (χ1v) is 5.30. The highest BCUT2D eigenvalue weighted by Crippen LogP contribution is 2.27. The van der Waals surface area contributed by atoms with Crippen molar-refractivity contribution in [2.24, 2.45) is 11.7 Å². The van der Waals surface area contributed by atoms with Crippen molar-refractivity contribution >= 4 is 0 Å². The summed E-state index contributed by atoms with van der Waals surface area (Å²) in [6, 6.07) is 0. The molecule has 3 N–H and O–H groups in total. The Morgan fingerprint density at radius 3 is 3.14 bits per heavy atom. The van der Waals surface area contributed by atoms with Gasteiger partial charge in [0.2, 0.25) is 0 Å². The third-order valence-electron chi connectivity index (χ3n) is 2.51. The number of rotatable bonds is 6. The fraction of sp³-hybridized carbons (Fsp3) is 0.700. The van der Waals surface area contributed by atoms with Crippen LogP contribution in [0.5, 0.6) is 0 Å². The van der Waals surface area contributed by atoms with Crippen molar-refractivity contribution in [2.45, 2.75) is 25.9 Å². The molecule has 0 aromatic carbocycles. The highest BCUT2D eigenvalue weighted by Gasteiger charge is 2.20. The Morgan fingerprint density at radius 1 is 1.57 bits per heavy atom. The van der Waals surface area contributed by atoms with Crippen LogP contribution in [-0.4, -0.2) is 22.6 Å². The van der Waals surface area contributed by atoms with E-state index in [0.717, 1.165) is 31.2 Å². The quantitative estimate of drug-likeness (QED) is 0.686. The first-order valence-electron chi connectivity index (χ1n) is 5.30. The molecular formula is C10H18N4. The van der Waals surface area contributed by atoms with Crippen molar-refractivity contribution in [1.29, 1.82) is 0 Å². The predicted molar refractivity (Wildman–Crippen MR) is 55.7 cm³/mol. The molecule has 0 spiro atoms. The number of nitrogens with two attached hydrogens (primary N) is 1. The molecule has 0 bridgehead atoms. The molecule has 1 fully saturated rings. The number of aromatic nitrogens is 2. The van der Waals surface area contributed by atoms with Crippen LogP contribution in [0.25, 0.3) is 0 Å². The molecule has 0 radical (unpaired) electrons. The van der Waals surface area contributed by atoms with E-state index >= 15 is 0 Å². The largest absolute Gasteiger partial charge is 0.336 e. The lowest BCUT2D eigenvalue weighted by atomic mass is 10.4. The Bertz CT molecular complexity index is 277. The second-order valence-electron chi connectivity index (χ2n) is 3.97. The fourth-order valence-electron chi connectivity index (χ4n) is 1.50. The summed E-state index contributed by atoms with van der Waals surface area (Å²) in [5.74, 6) is 0.932. The van der Waals surface area contributed by atoms with Crippen molar-refractivity contribution in [1.82, 2.24) is 14.9 Å². The van der Waals surface area contributed by atoms with E-state index in [0.29, 0.717) is 6.54 Å². The first kappa shape index (κ1) is 9.68. The van der Waals surface area contributed by atoms with Gasteiger partial charge in [-0.15, -0.1) is 0 Å². The van der Waals surface area contributed by atoms with E-state index in [1.54, 1.807) is 0 Å². The van der Waals surface area contributed by atoms with Crippen molar-refractivity contribution in [2.75, 3.05) is 13.1 Å². The van der Waals surface area contributed by atoms with E-state index in [-0.39, 0.29) is 0 Å². The minimum atomic E-state index is 0.672. The monoisotopic (exact) mass is 194 g/mol. The summed E-state index contributed by atoms with van der Waals surface area (Å²) in [5.41, 5.74) is 6.56. The smallest absolute Gasteiger partial charge is 0.0950 e. The van der Waals surface area contributed by atoms with E-state index < -0.39 is 0 Å². The standard InChI is InChI=1S/C10H18N4/c11-3-4-14-7-10(13-8-14)6-12-5-9-1-2-9/h7-9,12H,1-6,11H2. The van der Waals surface area contributed by atoms with Crippen LogP contribution in [0.3, 0.4) is 0 Å². The molecule has 1 aliphatic rings. The number of nitrogens with zero attached hydrogens (tertiary/aromatic N) is 2. The third kappa shape index (κ3) is 2.82. The van der Waals surface area contributed by atoms with Gasteiger partial charge in [-0.25, -0.2) is 4.98 Å². The Kier molecular flexibility index (Phi) is 3.16. The van der Waals surface area contributed by atoms with Gasteiger partial charge in [-0.05, 0) is 25.3 Å². The van der Waals surface area contributed by atoms with Gasteiger partial charge < -0.3 is 15.6 Å². The Labute approximate surface area is 84.5 Å². The summed E-state index contributed by atoms with van der Waals surface area (Å²) < 4.78 is 2.04. The van der Waals surface area contributed by atoms with E-state index in [2.05, 4.69) is 16.5 Å². The lowest BCUT2D eigenvalue weighted by molar-refractivity contribution is 0.630. The summed E-state index contributed by atoms with van der Waals surface area (Å²) in [7, 11) is 0. The van der Waals surface area contributed by atoms with Crippen LogP contribution in [0.4, 0.5) is 0 Å². The van der Waals surface area contributed by atoms with Crippen molar-refractivity contribution in [3.8, 4) is 0 Å². The maximum atomic E-state index is 5.45. The molecule has 0 saturated heterocycles. The Balaban J connectivity index is 1.71. The summed E-state index contributed by atoms with van der Waals surface area (Å²) >= 11 is 0. The van der Waals surface area contributed by atoms with Crippen LogP contribution in [0, 0.1) is 5.92 Å². The number of nitrogens with one attached hydrogen (secondary N) is 1. The molecule has 14 heavy (non-hydrogen) atoms. The van der Waals surface area contributed by atoms with E-state index in [9.17, 15) is 0 Å². The van der Waals surface area contributed by atoms with Gasteiger partial charge in [0.15, 0.2) is 0 Å². The van der Waals surface area contributed by atoms with Gasteiger partial charge in [-0.2, -0.15) is 0 Å². The minimum Gasteiger partial charge on any atom is -0.336 e. The van der Waals surface area contributed by atoms with Crippen molar-refractivity contribution in [3.63, 3.8) is 0 Å².